The van der Waals surface area contributed by atoms with Gasteiger partial charge in [0, 0.05) is 38.1 Å². The Hall–Kier alpha value is -1.31. The first-order valence-electron chi connectivity index (χ1n) is 4.37. The number of benzene rings is 1. The molecule has 1 aromatic carbocycles. The van der Waals surface area contributed by atoms with E-state index in [0.717, 1.165) is 5.71 Å². The van der Waals surface area contributed by atoms with Gasteiger partial charge in [-0.3, -0.25) is 4.99 Å². The summed E-state index contributed by atoms with van der Waals surface area (Å²) in [4.78, 5) is 6.29. The van der Waals surface area contributed by atoms with Crippen LogP contribution in [0.2, 0.25) is 0 Å². The topological polar surface area (TPSA) is 15.6 Å². The predicted molar refractivity (Wildman–Crippen MR) is 58.9 cm³/mol. The van der Waals surface area contributed by atoms with E-state index in [1.165, 1.54) is 11.3 Å². The number of aliphatic imine (C=N–C) groups is 1. The minimum absolute atomic E-state index is 1.07. The Bertz CT molecular complexity index is 314. The van der Waals surface area contributed by atoms with Crippen molar-refractivity contribution in [3.63, 3.8) is 0 Å². The third-order valence-corrected chi connectivity index (χ3v) is 2.11. The number of rotatable bonds is 2. The molecule has 0 saturated heterocycles. The summed E-state index contributed by atoms with van der Waals surface area (Å²) in [5, 5.41) is 0. The van der Waals surface area contributed by atoms with Crippen LogP contribution >= 0.6 is 0 Å². The van der Waals surface area contributed by atoms with Gasteiger partial charge in [-0.2, -0.15) is 0 Å². The maximum Gasteiger partial charge on any atom is 0.0452 e. The third-order valence-electron chi connectivity index (χ3n) is 2.11. The Balaban J connectivity index is 3.20. The van der Waals surface area contributed by atoms with Gasteiger partial charge in [-0.05, 0) is 13.0 Å². The maximum atomic E-state index is 4.19. The molecule has 0 unspecified atom stereocenters. The number of hydrogen-bond donors (Lipinski definition) is 0. The molecule has 2 heteroatoms. The Morgan fingerprint density at radius 3 is 2.38 bits per heavy atom. The lowest BCUT2D eigenvalue weighted by atomic mass is 10.1. The quantitative estimate of drug-likeness (QED) is 0.631. The summed E-state index contributed by atoms with van der Waals surface area (Å²) >= 11 is 0. The van der Waals surface area contributed by atoms with Crippen LogP contribution in [-0.2, 0) is 0 Å². The molecular weight excluding hydrogens is 160 g/mol. The van der Waals surface area contributed by atoms with Crippen LogP contribution < -0.4 is 4.90 Å². The fraction of sp³-hybridized carbons (Fsp3) is 0.364. The smallest absolute Gasteiger partial charge is 0.0452 e. The van der Waals surface area contributed by atoms with E-state index in [0.29, 0.717) is 0 Å². The van der Waals surface area contributed by atoms with Crippen molar-refractivity contribution in [2.45, 2.75) is 6.92 Å². The van der Waals surface area contributed by atoms with Gasteiger partial charge in [0.1, 0.15) is 0 Å². The van der Waals surface area contributed by atoms with Gasteiger partial charge in [-0.15, -0.1) is 0 Å². The highest BCUT2D eigenvalue weighted by Crippen LogP contribution is 2.18. The van der Waals surface area contributed by atoms with E-state index in [9.17, 15) is 0 Å². The van der Waals surface area contributed by atoms with Crippen LogP contribution in [0, 0.1) is 0 Å². The first kappa shape index (κ1) is 9.78. The average Bonchev–Trinajstić information content (AvgIpc) is 2.16. The molecule has 0 fully saturated rings. The lowest BCUT2D eigenvalue weighted by Gasteiger charge is -2.16. The molecule has 0 spiro atoms. The van der Waals surface area contributed by atoms with Crippen LogP contribution in [0.25, 0.3) is 0 Å². The van der Waals surface area contributed by atoms with Crippen molar-refractivity contribution in [1.82, 2.24) is 0 Å². The van der Waals surface area contributed by atoms with Crippen LogP contribution in [0.15, 0.2) is 29.3 Å². The summed E-state index contributed by atoms with van der Waals surface area (Å²) < 4.78 is 0. The van der Waals surface area contributed by atoms with Crippen LogP contribution in [0.4, 0.5) is 5.69 Å². The molecule has 0 heterocycles. The summed E-state index contributed by atoms with van der Waals surface area (Å²) in [5.74, 6) is 0. The summed E-state index contributed by atoms with van der Waals surface area (Å²) in [6.07, 6.45) is 0. The van der Waals surface area contributed by atoms with E-state index in [1.807, 2.05) is 40.2 Å². The van der Waals surface area contributed by atoms with Crippen molar-refractivity contribution < 1.29 is 0 Å². The molecule has 0 saturated carbocycles. The highest BCUT2D eigenvalue weighted by molar-refractivity contribution is 6.03. The number of para-hydroxylation sites is 1. The van der Waals surface area contributed by atoms with Gasteiger partial charge in [-0.25, -0.2) is 0 Å². The Morgan fingerprint density at radius 2 is 1.85 bits per heavy atom. The first-order chi connectivity index (χ1) is 6.16. The molecule has 13 heavy (non-hydrogen) atoms. The summed E-state index contributed by atoms with van der Waals surface area (Å²) in [7, 11) is 5.91. The highest BCUT2D eigenvalue weighted by Gasteiger charge is 2.04. The monoisotopic (exact) mass is 176 g/mol. The third kappa shape index (κ3) is 2.08. The number of hydrogen-bond acceptors (Lipinski definition) is 2. The minimum Gasteiger partial charge on any atom is -0.377 e. The molecule has 0 atom stereocenters. The number of anilines is 1. The summed E-state index contributed by atoms with van der Waals surface area (Å²) in [6.45, 7) is 2.03. The largest absolute Gasteiger partial charge is 0.377 e. The Kier molecular flexibility index (Phi) is 3.07. The Labute approximate surface area is 79.9 Å². The highest BCUT2D eigenvalue weighted by atomic mass is 15.1. The maximum absolute atomic E-state index is 4.19. The van der Waals surface area contributed by atoms with Crippen molar-refractivity contribution in [2.75, 3.05) is 26.0 Å². The van der Waals surface area contributed by atoms with Crippen molar-refractivity contribution in [1.29, 1.82) is 0 Å². The van der Waals surface area contributed by atoms with E-state index in [2.05, 4.69) is 22.0 Å². The molecule has 1 rings (SSSR count). The van der Waals surface area contributed by atoms with Crippen LogP contribution in [0.3, 0.4) is 0 Å². The predicted octanol–water partition coefficient (Wildman–Crippen LogP) is 2.19. The lowest BCUT2D eigenvalue weighted by Crippen LogP contribution is -2.12. The van der Waals surface area contributed by atoms with E-state index >= 15 is 0 Å². The van der Waals surface area contributed by atoms with Gasteiger partial charge in [-0.1, -0.05) is 18.2 Å². The standard InChI is InChI=1S/C11H16N2/c1-9(12-2)10-7-5-6-8-11(10)13(3)4/h5-8H,1-4H3. The summed E-state index contributed by atoms with van der Waals surface area (Å²) in [6, 6.07) is 8.28. The van der Waals surface area contributed by atoms with E-state index < -0.39 is 0 Å². The minimum atomic E-state index is 1.07. The van der Waals surface area contributed by atoms with Gasteiger partial charge in [0.2, 0.25) is 0 Å². The first-order valence-corrected chi connectivity index (χ1v) is 4.37. The normalized spacial score (nSPS) is 11.5. The zero-order chi connectivity index (χ0) is 9.84. The summed E-state index contributed by atoms with van der Waals surface area (Å²) in [5.41, 5.74) is 3.49. The molecule has 70 valence electrons. The fourth-order valence-electron chi connectivity index (χ4n) is 1.29. The number of nitrogens with zero attached hydrogens (tertiary/aromatic N) is 2. The fourth-order valence-corrected chi connectivity index (χ4v) is 1.29. The molecule has 0 radical (unpaired) electrons. The van der Waals surface area contributed by atoms with Gasteiger partial charge >= 0.3 is 0 Å². The SMILES string of the molecule is CN=C(C)c1ccccc1N(C)C. The lowest BCUT2D eigenvalue weighted by molar-refractivity contribution is 1.13. The van der Waals surface area contributed by atoms with Gasteiger partial charge in [0.05, 0.1) is 0 Å². The van der Waals surface area contributed by atoms with Crippen LogP contribution in [-0.4, -0.2) is 26.9 Å². The van der Waals surface area contributed by atoms with Crippen molar-refractivity contribution in [2.24, 2.45) is 4.99 Å². The molecule has 0 bridgehead atoms. The zero-order valence-electron chi connectivity index (χ0n) is 8.70. The molecule has 0 aliphatic rings. The van der Waals surface area contributed by atoms with E-state index in [-0.39, 0.29) is 0 Å². The van der Waals surface area contributed by atoms with Crippen molar-refractivity contribution in [3.05, 3.63) is 29.8 Å². The van der Waals surface area contributed by atoms with Gasteiger partial charge in [0.15, 0.2) is 0 Å². The second-order valence-corrected chi connectivity index (χ2v) is 3.22. The van der Waals surface area contributed by atoms with Crippen molar-refractivity contribution in [3.8, 4) is 0 Å². The zero-order valence-corrected chi connectivity index (χ0v) is 8.70. The molecule has 0 aliphatic carbocycles. The molecular formula is C11H16N2. The van der Waals surface area contributed by atoms with E-state index in [1.54, 1.807) is 0 Å². The van der Waals surface area contributed by atoms with Crippen molar-refractivity contribution >= 4 is 11.4 Å². The second kappa shape index (κ2) is 4.08. The van der Waals surface area contributed by atoms with Crippen LogP contribution in [0.1, 0.15) is 12.5 Å². The molecule has 1 aromatic rings. The molecule has 2 nitrogen and oxygen atoms in total. The molecule has 0 aromatic heterocycles. The average molecular weight is 176 g/mol. The van der Waals surface area contributed by atoms with Crippen LogP contribution in [0.5, 0.6) is 0 Å². The van der Waals surface area contributed by atoms with E-state index in [4.69, 9.17) is 0 Å². The Morgan fingerprint density at radius 1 is 1.23 bits per heavy atom. The molecule has 0 amide bonds. The molecule has 0 N–H and O–H groups in total. The van der Waals surface area contributed by atoms with Gasteiger partial charge in [0.25, 0.3) is 0 Å². The molecule has 0 aliphatic heterocycles. The second-order valence-electron chi connectivity index (χ2n) is 3.22. The van der Waals surface area contributed by atoms with Gasteiger partial charge < -0.3 is 4.90 Å².